The number of hydrogen-bond donors (Lipinski definition) is 0. The van der Waals surface area contributed by atoms with Crippen molar-refractivity contribution in [3.8, 4) is 11.5 Å². The van der Waals surface area contributed by atoms with Crippen LogP contribution in [0.5, 0.6) is 11.5 Å². The van der Waals surface area contributed by atoms with Crippen molar-refractivity contribution >= 4 is 39.1 Å². The molecule has 1 fully saturated rings. The number of aryl methyl sites for hydroxylation is 1. The zero-order valence-electron chi connectivity index (χ0n) is 18.2. The minimum atomic E-state index is -3.99. The first-order valence-corrected chi connectivity index (χ1v) is 12.6. The van der Waals surface area contributed by atoms with Crippen LogP contribution in [0.2, 0.25) is 0 Å². The molecule has 0 radical (unpaired) electrons. The van der Waals surface area contributed by atoms with Gasteiger partial charge in [0.1, 0.15) is 23.0 Å². The van der Waals surface area contributed by atoms with Crippen LogP contribution >= 0.6 is 11.8 Å². The van der Waals surface area contributed by atoms with Crippen LogP contribution in [0.1, 0.15) is 11.1 Å². The van der Waals surface area contributed by atoms with Crippen LogP contribution in [0, 0.1) is 6.92 Å². The molecule has 0 unspecified atom stereocenters. The average molecular weight is 496 g/mol. The second kappa shape index (κ2) is 10.1. The largest absolute Gasteiger partial charge is 0.492 e. The van der Waals surface area contributed by atoms with Crippen molar-refractivity contribution < 1.29 is 26.9 Å². The quantitative estimate of drug-likeness (QED) is 0.325. The standard InChI is InChI=1S/C25H21NO6S2/c1-18-7-5-9-20(15-18)31-14-13-26-24(27)23(33-25(26)28)17-19-8-6-10-21(16-19)32-34(29,30)22-11-3-2-4-12-22/h2-12,15-17H,13-14H2,1H3/b23-17-. The highest BCUT2D eigenvalue weighted by atomic mass is 32.2. The number of rotatable bonds is 8. The third-order valence-electron chi connectivity index (χ3n) is 4.84. The number of carbonyl (C=O) groups excluding carboxylic acids is 2. The van der Waals surface area contributed by atoms with E-state index in [9.17, 15) is 18.0 Å². The second-order valence-corrected chi connectivity index (χ2v) is 9.96. The molecule has 0 N–H and O–H groups in total. The summed E-state index contributed by atoms with van der Waals surface area (Å²) in [6.07, 6.45) is 1.54. The van der Waals surface area contributed by atoms with E-state index in [1.54, 1.807) is 30.3 Å². The van der Waals surface area contributed by atoms with Crippen molar-refractivity contribution in [2.75, 3.05) is 13.2 Å². The molecule has 4 rings (SSSR count). The Bertz CT molecular complexity index is 1350. The zero-order valence-corrected chi connectivity index (χ0v) is 19.8. The maximum atomic E-state index is 12.7. The van der Waals surface area contributed by atoms with E-state index in [-0.39, 0.29) is 33.9 Å². The molecule has 3 aromatic rings. The summed E-state index contributed by atoms with van der Waals surface area (Å²) in [6.45, 7) is 2.25. The Labute approximate surface area is 202 Å². The van der Waals surface area contributed by atoms with E-state index in [0.717, 1.165) is 22.2 Å². The Balaban J connectivity index is 1.43. The summed E-state index contributed by atoms with van der Waals surface area (Å²) in [7, 11) is -3.99. The molecule has 3 aromatic carbocycles. The van der Waals surface area contributed by atoms with Crippen molar-refractivity contribution in [2.45, 2.75) is 11.8 Å². The van der Waals surface area contributed by atoms with Gasteiger partial charge in [-0.25, -0.2) is 0 Å². The van der Waals surface area contributed by atoms with E-state index in [0.29, 0.717) is 11.3 Å². The van der Waals surface area contributed by atoms with Crippen LogP contribution < -0.4 is 8.92 Å². The number of amides is 2. The van der Waals surface area contributed by atoms with Crippen LogP contribution in [0.4, 0.5) is 4.79 Å². The highest BCUT2D eigenvalue weighted by Gasteiger charge is 2.34. The lowest BCUT2D eigenvalue weighted by Gasteiger charge is -2.13. The van der Waals surface area contributed by atoms with Gasteiger partial charge in [0.15, 0.2) is 0 Å². The first kappa shape index (κ1) is 23.6. The molecule has 1 aliphatic rings. The van der Waals surface area contributed by atoms with Crippen molar-refractivity contribution in [1.29, 1.82) is 0 Å². The molecule has 1 saturated heterocycles. The number of carbonyl (C=O) groups is 2. The second-order valence-electron chi connectivity index (χ2n) is 7.42. The van der Waals surface area contributed by atoms with Gasteiger partial charge in [-0.05, 0) is 72.3 Å². The lowest BCUT2D eigenvalue weighted by Crippen LogP contribution is -2.32. The van der Waals surface area contributed by atoms with Gasteiger partial charge in [0.05, 0.1) is 11.4 Å². The Morgan fingerprint density at radius 2 is 1.65 bits per heavy atom. The lowest BCUT2D eigenvalue weighted by molar-refractivity contribution is -0.123. The number of thioether (sulfide) groups is 1. The third-order valence-corrected chi connectivity index (χ3v) is 7.01. The Hall–Kier alpha value is -3.56. The molecular weight excluding hydrogens is 474 g/mol. The summed E-state index contributed by atoms with van der Waals surface area (Å²) in [5.74, 6) is 0.347. The fourth-order valence-corrected chi connectivity index (χ4v) is 5.03. The average Bonchev–Trinajstić information content (AvgIpc) is 3.07. The van der Waals surface area contributed by atoms with Gasteiger partial charge in [0.2, 0.25) is 0 Å². The molecule has 0 aliphatic carbocycles. The summed E-state index contributed by atoms with van der Waals surface area (Å²) in [5.41, 5.74) is 1.58. The molecule has 1 aliphatic heterocycles. The Morgan fingerprint density at radius 3 is 2.41 bits per heavy atom. The third kappa shape index (κ3) is 5.67. The van der Waals surface area contributed by atoms with E-state index < -0.39 is 16.0 Å². The van der Waals surface area contributed by atoms with E-state index in [1.807, 2.05) is 31.2 Å². The predicted molar refractivity (Wildman–Crippen MR) is 130 cm³/mol. The number of benzene rings is 3. The maximum absolute atomic E-state index is 12.7. The SMILES string of the molecule is Cc1cccc(OCCN2C(=O)S/C(=C\c3cccc(OS(=O)(=O)c4ccccc4)c3)C2=O)c1. The predicted octanol–water partition coefficient (Wildman–Crippen LogP) is 4.88. The topological polar surface area (TPSA) is 90.0 Å². The number of nitrogens with zero attached hydrogens (tertiary/aromatic N) is 1. The number of hydrogen-bond acceptors (Lipinski definition) is 7. The van der Waals surface area contributed by atoms with Crippen LogP contribution in [0.3, 0.4) is 0 Å². The van der Waals surface area contributed by atoms with Gasteiger partial charge >= 0.3 is 10.1 Å². The molecule has 0 atom stereocenters. The minimum absolute atomic E-state index is 0.0365. The van der Waals surface area contributed by atoms with Crippen LogP contribution in [-0.4, -0.2) is 37.6 Å². The molecule has 174 valence electrons. The van der Waals surface area contributed by atoms with Gasteiger partial charge in [-0.15, -0.1) is 0 Å². The Kier molecular flexibility index (Phi) is 7.04. The lowest BCUT2D eigenvalue weighted by atomic mass is 10.2. The summed E-state index contributed by atoms with van der Waals surface area (Å²) < 4.78 is 35.8. The van der Waals surface area contributed by atoms with Crippen LogP contribution in [0.25, 0.3) is 6.08 Å². The summed E-state index contributed by atoms with van der Waals surface area (Å²) in [6, 6.07) is 21.6. The molecule has 1 heterocycles. The van der Waals surface area contributed by atoms with Gasteiger partial charge < -0.3 is 8.92 Å². The van der Waals surface area contributed by atoms with Crippen molar-refractivity contribution in [3.05, 3.63) is 94.9 Å². The van der Waals surface area contributed by atoms with Gasteiger partial charge in [0, 0.05) is 0 Å². The fraction of sp³-hybridized carbons (Fsp3) is 0.120. The van der Waals surface area contributed by atoms with Gasteiger partial charge in [-0.1, -0.05) is 42.5 Å². The smallest absolute Gasteiger partial charge is 0.339 e. The summed E-state index contributed by atoms with van der Waals surface area (Å²) in [4.78, 5) is 26.5. The Morgan fingerprint density at radius 1 is 0.912 bits per heavy atom. The molecule has 34 heavy (non-hydrogen) atoms. The molecule has 0 bridgehead atoms. The fourth-order valence-electron chi connectivity index (χ4n) is 3.22. The normalized spacial score (nSPS) is 15.1. The van der Waals surface area contributed by atoms with Crippen LogP contribution in [0.15, 0.2) is 88.7 Å². The number of ether oxygens (including phenoxy) is 1. The minimum Gasteiger partial charge on any atom is -0.492 e. The molecule has 2 amide bonds. The first-order chi connectivity index (χ1) is 16.3. The van der Waals surface area contributed by atoms with Gasteiger partial charge in [0.25, 0.3) is 11.1 Å². The first-order valence-electron chi connectivity index (χ1n) is 10.4. The monoisotopic (exact) mass is 495 g/mol. The van der Waals surface area contributed by atoms with Gasteiger partial charge in [-0.3, -0.25) is 14.5 Å². The summed E-state index contributed by atoms with van der Waals surface area (Å²) in [5, 5.41) is -0.386. The molecule has 7 nitrogen and oxygen atoms in total. The van der Waals surface area contributed by atoms with E-state index in [4.69, 9.17) is 8.92 Å². The summed E-state index contributed by atoms with van der Waals surface area (Å²) >= 11 is 0.825. The molecule has 0 aromatic heterocycles. The molecule has 0 spiro atoms. The highest BCUT2D eigenvalue weighted by Crippen LogP contribution is 2.32. The van der Waals surface area contributed by atoms with Crippen LogP contribution in [-0.2, 0) is 14.9 Å². The van der Waals surface area contributed by atoms with E-state index in [1.165, 1.54) is 30.3 Å². The number of imide groups is 1. The molecule has 0 saturated carbocycles. The van der Waals surface area contributed by atoms with E-state index >= 15 is 0 Å². The van der Waals surface area contributed by atoms with Crippen molar-refractivity contribution in [2.24, 2.45) is 0 Å². The van der Waals surface area contributed by atoms with Gasteiger partial charge in [-0.2, -0.15) is 8.42 Å². The highest BCUT2D eigenvalue weighted by molar-refractivity contribution is 8.18. The van der Waals surface area contributed by atoms with E-state index in [2.05, 4.69) is 0 Å². The van der Waals surface area contributed by atoms with Crippen molar-refractivity contribution in [3.63, 3.8) is 0 Å². The zero-order chi connectivity index (χ0) is 24.1. The maximum Gasteiger partial charge on any atom is 0.339 e. The molecular formula is C25H21NO6S2. The molecule has 9 heteroatoms. The van der Waals surface area contributed by atoms with Crippen molar-refractivity contribution in [1.82, 2.24) is 4.90 Å².